The van der Waals surface area contributed by atoms with Crippen LogP contribution < -0.4 is 5.32 Å². The highest BCUT2D eigenvalue weighted by Gasteiger charge is 2.00. The van der Waals surface area contributed by atoms with E-state index < -0.39 is 0 Å². The smallest absolute Gasteiger partial charge is 0.137 e. The minimum Gasteiger partial charge on any atom is -0.381 e. The number of nitrogens with one attached hydrogen (secondary N) is 1. The van der Waals surface area contributed by atoms with Gasteiger partial charge in [-0.05, 0) is 45.3 Å². The lowest BCUT2D eigenvalue weighted by atomic mass is 10.1. The van der Waals surface area contributed by atoms with E-state index in [-0.39, 0.29) is 5.82 Å². The maximum Gasteiger partial charge on any atom is 0.137 e. The molecule has 0 fully saturated rings. The van der Waals surface area contributed by atoms with E-state index in [9.17, 15) is 4.39 Å². The molecular weight excluding hydrogens is 309 g/mol. The monoisotopic (exact) mass is 323 g/mol. The van der Waals surface area contributed by atoms with Crippen LogP contribution in [0, 0.1) is 5.82 Å². The van der Waals surface area contributed by atoms with Gasteiger partial charge in [0.25, 0.3) is 0 Å². The maximum absolute atomic E-state index is 13.1. The molecule has 0 unspecified atom stereocenters. The quantitative estimate of drug-likeness (QED) is 0.883. The summed E-state index contributed by atoms with van der Waals surface area (Å²) in [5, 5.41) is 3.25. The van der Waals surface area contributed by atoms with Crippen LogP contribution in [0.1, 0.15) is 11.1 Å². The van der Waals surface area contributed by atoms with Gasteiger partial charge in [0.2, 0.25) is 0 Å². The number of hydrogen-bond acceptors (Lipinski definition) is 2. The van der Waals surface area contributed by atoms with Crippen molar-refractivity contribution in [2.75, 3.05) is 12.4 Å². The Morgan fingerprint density at radius 2 is 1.79 bits per heavy atom. The Morgan fingerprint density at radius 3 is 2.42 bits per heavy atom. The Kier molecular flexibility index (Phi) is 4.93. The van der Waals surface area contributed by atoms with Crippen LogP contribution in [0.2, 0.25) is 0 Å². The average molecular weight is 324 g/mol. The van der Waals surface area contributed by atoms with Gasteiger partial charge in [0.15, 0.2) is 0 Å². The molecule has 0 saturated heterocycles. The highest BCUT2D eigenvalue weighted by molar-refractivity contribution is 9.10. The van der Waals surface area contributed by atoms with E-state index in [4.69, 9.17) is 4.74 Å². The van der Waals surface area contributed by atoms with Gasteiger partial charge in [-0.3, -0.25) is 0 Å². The lowest BCUT2D eigenvalue weighted by molar-refractivity contribution is 0.185. The summed E-state index contributed by atoms with van der Waals surface area (Å²) in [7, 11) is 1.68. The predicted molar refractivity (Wildman–Crippen MR) is 78.6 cm³/mol. The first-order valence-corrected chi connectivity index (χ1v) is 6.74. The van der Waals surface area contributed by atoms with Crippen molar-refractivity contribution in [3.8, 4) is 0 Å². The highest BCUT2D eigenvalue weighted by atomic mass is 79.9. The van der Waals surface area contributed by atoms with E-state index in [2.05, 4.69) is 33.4 Å². The second-order valence-electron chi connectivity index (χ2n) is 4.23. The molecule has 0 radical (unpaired) electrons. The Labute approximate surface area is 120 Å². The van der Waals surface area contributed by atoms with Crippen molar-refractivity contribution in [3.63, 3.8) is 0 Å². The van der Waals surface area contributed by atoms with Crippen LogP contribution in [0.3, 0.4) is 0 Å². The topological polar surface area (TPSA) is 21.3 Å². The molecule has 4 heteroatoms. The van der Waals surface area contributed by atoms with E-state index >= 15 is 0 Å². The zero-order valence-electron chi connectivity index (χ0n) is 10.6. The summed E-state index contributed by atoms with van der Waals surface area (Å²) < 4.78 is 18.6. The Morgan fingerprint density at radius 1 is 1.11 bits per heavy atom. The lowest BCUT2D eigenvalue weighted by Gasteiger charge is -2.08. The van der Waals surface area contributed by atoms with Gasteiger partial charge in [-0.25, -0.2) is 4.39 Å². The number of halogens is 2. The number of anilines is 1. The summed E-state index contributed by atoms with van der Waals surface area (Å²) in [4.78, 5) is 0. The molecule has 1 N–H and O–H groups in total. The molecule has 0 amide bonds. The fourth-order valence-corrected chi connectivity index (χ4v) is 2.11. The minimum absolute atomic E-state index is 0.255. The van der Waals surface area contributed by atoms with Crippen molar-refractivity contribution < 1.29 is 9.13 Å². The summed E-state index contributed by atoms with van der Waals surface area (Å²) in [6, 6.07) is 13.1. The Hall–Kier alpha value is -1.39. The average Bonchev–Trinajstić information content (AvgIpc) is 2.42. The summed E-state index contributed by atoms with van der Waals surface area (Å²) >= 11 is 3.17. The molecule has 0 bridgehead atoms. The largest absolute Gasteiger partial charge is 0.381 e. The number of benzene rings is 2. The van der Waals surface area contributed by atoms with Gasteiger partial charge in [-0.2, -0.15) is 0 Å². The molecule has 2 aromatic carbocycles. The highest BCUT2D eigenvalue weighted by Crippen LogP contribution is 2.20. The molecule has 19 heavy (non-hydrogen) atoms. The first kappa shape index (κ1) is 14.0. The molecule has 0 spiro atoms. The molecule has 100 valence electrons. The zero-order valence-corrected chi connectivity index (χ0v) is 12.2. The third-order valence-electron chi connectivity index (χ3n) is 2.75. The van der Waals surface area contributed by atoms with Crippen LogP contribution in [-0.2, 0) is 17.9 Å². The second kappa shape index (κ2) is 6.68. The number of rotatable bonds is 5. The van der Waals surface area contributed by atoms with Crippen LogP contribution in [0.15, 0.2) is 46.9 Å². The maximum atomic E-state index is 13.1. The molecule has 0 aliphatic rings. The van der Waals surface area contributed by atoms with Gasteiger partial charge < -0.3 is 10.1 Å². The van der Waals surface area contributed by atoms with E-state index in [0.29, 0.717) is 17.6 Å². The molecule has 0 atom stereocenters. The Bertz CT molecular complexity index is 542. The molecule has 0 saturated carbocycles. The summed E-state index contributed by atoms with van der Waals surface area (Å²) in [5.74, 6) is -0.255. The molecule has 2 nitrogen and oxygen atoms in total. The summed E-state index contributed by atoms with van der Waals surface area (Å²) in [6.45, 7) is 1.32. The van der Waals surface area contributed by atoms with Crippen molar-refractivity contribution in [1.29, 1.82) is 0 Å². The van der Waals surface area contributed by atoms with Crippen LogP contribution in [-0.4, -0.2) is 7.11 Å². The standard InChI is InChI=1S/C15H15BrFNO/c1-19-10-12-4-2-11(3-5-12)9-18-13-6-7-15(17)14(16)8-13/h2-8,18H,9-10H2,1H3. The molecule has 0 aliphatic heterocycles. The number of hydrogen-bond donors (Lipinski definition) is 1. The van der Waals surface area contributed by atoms with E-state index in [0.717, 1.165) is 11.3 Å². The van der Waals surface area contributed by atoms with Crippen LogP contribution in [0.25, 0.3) is 0 Å². The van der Waals surface area contributed by atoms with E-state index in [1.807, 2.05) is 12.1 Å². The fourth-order valence-electron chi connectivity index (χ4n) is 1.73. The number of ether oxygens (including phenoxy) is 1. The first-order valence-electron chi connectivity index (χ1n) is 5.94. The molecule has 2 rings (SSSR count). The third kappa shape index (κ3) is 4.04. The van der Waals surface area contributed by atoms with Crippen molar-refractivity contribution in [2.24, 2.45) is 0 Å². The first-order chi connectivity index (χ1) is 9.19. The number of methoxy groups -OCH3 is 1. The minimum atomic E-state index is -0.255. The van der Waals surface area contributed by atoms with Crippen molar-refractivity contribution in [2.45, 2.75) is 13.2 Å². The van der Waals surface area contributed by atoms with E-state index in [1.165, 1.54) is 11.6 Å². The van der Waals surface area contributed by atoms with Crippen molar-refractivity contribution >= 4 is 21.6 Å². The fraction of sp³-hybridized carbons (Fsp3) is 0.200. The molecule has 0 heterocycles. The SMILES string of the molecule is COCc1ccc(CNc2ccc(F)c(Br)c2)cc1. The van der Waals surface area contributed by atoms with Gasteiger partial charge in [0.05, 0.1) is 11.1 Å². The van der Waals surface area contributed by atoms with Gasteiger partial charge in [0.1, 0.15) is 5.82 Å². The van der Waals surface area contributed by atoms with E-state index in [1.54, 1.807) is 19.2 Å². The van der Waals surface area contributed by atoms with Crippen LogP contribution in [0.5, 0.6) is 0 Å². The zero-order chi connectivity index (χ0) is 13.7. The van der Waals surface area contributed by atoms with Gasteiger partial charge in [-0.15, -0.1) is 0 Å². The van der Waals surface area contributed by atoms with Gasteiger partial charge >= 0.3 is 0 Å². The van der Waals surface area contributed by atoms with Crippen molar-refractivity contribution in [3.05, 3.63) is 63.9 Å². The predicted octanol–water partition coefficient (Wildman–Crippen LogP) is 4.35. The molecule has 2 aromatic rings. The normalized spacial score (nSPS) is 10.5. The van der Waals surface area contributed by atoms with Gasteiger partial charge in [-0.1, -0.05) is 24.3 Å². The summed E-state index contributed by atoms with van der Waals surface area (Å²) in [5.41, 5.74) is 3.20. The molecule has 0 aliphatic carbocycles. The molecular formula is C15H15BrFNO. The molecule has 0 aromatic heterocycles. The second-order valence-corrected chi connectivity index (χ2v) is 5.09. The van der Waals surface area contributed by atoms with Crippen LogP contribution in [0.4, 0.5) is 10.1 Å². The van der Waals surface area contributed by atoms with Crippen LogP contribution >= 0.6 is 15.9 Å². The lowest BCUT2D eigenvalue weighted by Crippen LogP contribution is -2.00. The Balaban J connectivity index is 1.96. The van der Waals surface area contributed by atoms with Gasteiger partial charge in [0, 0.05) is 19.3 Å². The third-order valence-corrected chi connectivity index (χ3v) is 3.36. The van der Waals surface area contributed by atoms with Crippen molar-refractivity contribution in [1.82, 2.24) is 0 Å². The summed E-state index contributed by atoms with van der Waals surface area (Å²) in [6.07, 6.45) is 0.